The van der Waals surface area contributed by atoms with Gasteiger partial charge in [0.25, 0.3) is 5.91 Å². The maximum atomic E-state index is 13.7. The fraction of sp³-hybridized carbons (Fsp3) is 0.591. The van der Waals surface area contributed by atoms with Crippen LogP contribution in [-0.4, -0.2) is 68.1 Å². The van der Waals surface area contributed by atoms with Gasteiger partial charge in [0.2, 0.25) is 5.91 Å². The largest absolute Gasteiger partial charge is 0.433 e. The molecule has 0 radical (unpaired) electrons. The molecule has 2 amide bonds. The summed E-state index contributed by atoms with van der Waals surface area (Å²) in [4.78, 5) is 28.9. The highest BCUT2D eigenvalue weighted by atomic mass is 35.5. The predicted octanol–water partition coefficient (Wildman–Crippen LogP) is 2.94. The van der Waals surface area contributed by atoms with Crippen molar-refractivity contribution < 1.29 is 27.9 Å². The third-order valence-electron chi connectivity index (χ3n) is 7.57. The minimum atomic E-state index is -4.66. The molecule has 1 N–H and O–H groups in total. The number of carbonyl (C=O) groups is 2. The number of aliphatic hydroxyl groups is 1. The molecule has 0 aromatic carbocycles. The highest BCUT2D eigenvalue weighted by Crippen LogP contribution is 2.55. The molecule has 4 unspecified atom stereocenters. The van der Waals surface area contributed by atoms with E-state index in [4.69, 9.17) is 11.6 Å². The van der Waals surface area contributed by atoms with Crippen LogP contribution in [0.15, 0.2) is 12.1 Å². The first-order chi connectivity index (χ1) is 15.6. The summed E-state index contributed by atoms with van der Waals surface area (Å²) in [5.41, 5.74) is -0.671. The Labute approximate surface area is 192 Å². The Balaban J connectivity index is 1.27. The first kappa shape index (κ1) is 21.2. The van der Waals surface area contributed by atoms with E-state index in [-0.39, 0.29) is 59.2 Å². The maximum Gasteiger partial charge on any atom is 0.433 e. The minimum Gasteiger partial charge on any atom is -0.393 e. The molecule has 0 spiro atoms. The second kappa shape index (κ2) is 7.09. The lowest BCUT2D eigenvalue weighted by Crippen LogP contribution is -2.54. The molecule has 1 aliphatic heterocycles. The van der Waals surface area contributed by atoms with Crippen molar-refractivity contribution in [1.82, 2.24) is 19.4 Å². The quantitative estimate of drug-likeness (QED) is 0.729. The van der Waals surface area contributed by atoms with Crippen LogP contribution < -0.4 is 0 Å². The number of piperazine rings is 1. The van der Waals surface area contributed by atoms with Crippen LogP contribution in [0.3, 0.4) is 0 Å². The second-order valence-electron chi connectivity index (χ2n) is 9.60. The SMILES string of the molecule is O=C(c1nn2c(C(F)(F)F)cc(C3CC3)cc2c1Cl)N1CCN(C2C3CCC(O)C32)C(=O)C1. The van der Waals surface area contributed by atoms with E-state index in [2.05, 4.69) is 5.10 Å². The van der Waals surface area contributed by atoms with Crippen molar-refractivity contribution in [3.63, 3.8) is 0 Å². The number of aliphatic hydroxyl groups excluding tert-OH is 1. The topological polar surface area (TPSA) is 78.2 Å². The zero-order chi connectivity index (χ0) is 23.2. The van der Waals surface area contributed by atoms with Crippen molar-refractivity contribution in [2.75, 3.05) is 19.6 Å². The molecule has 7 nitrogen and oxygen atoms in total. The summed E-state index contributed by atoms with van der Waals surface area (Å²) in [5.74, 6) is -0.389. The van der Waals surface area contributed by atoms with Crippen molar-refractivity contribution in [3.8, 4) is 0 Å². The van der Waals surface area contributed by atoms with Crippen LogP contribution in [0.25, 0.3) is 5.52 Å². The van der Waals surface area contributed by atoms with Crippen LogP contribution in [0, 0.1) is 11.8 Å². The Kier molecular flexibility index (Phi) is 4.56. The molecule has 4 aliphatic rings. The number of carbonyl (C=O) groups excluding carboxylic acids is 2. The lowest BCUT2D eigenvalue weighted by molar-refractivity contribution is -0.142. The molecule has 33 heavy (non-hydrogen) atoms. The van der Waals surface area contributed by atoms with Crippen LogP contribution in [0.2, 0.25) is 5.02 Å². The summed E-state index contributed by atoms with van der Waals surface area (Å²) < 4.78 is 41.8. The first-order valence-corrected chi connectivity index (χ1v) is 11.6. The number of alkyl halides is 3. The summed E-state index contributed by atoms with van der Waals surface area (Å²) in [6.07, 6.45) is -1.76. The Morgan fingerprint density at radius 1 is 1.15 bits per heavy atom. The van der Waals surface area contributed by atoms with Crippen molar-refractivity contribution in [2.24, 2.45) is 11.8 Å². The van der Waals surface area contributed by atoms with Gasteiger partial charge in [0, 0.05) is 25.0 Å². The molecule has 3 heterocycles. The van der Waals surface area contributed by atoms with Gasteiger partial charge in [0.1, 0.15) is 12.2 Å². The third kappa shape index (κ3) is 3.32. The van der Waals surface area contributed by atoms with Gasteiger partial charge in [-0.3, -0.25) is 9.59 Å². The van der Waals surface area contributed by atoms with Gasteiger partial charge in [-0.25, -0.2) is 4.52 Å². The lowest BCUT2D eigenvalue weighted by atomic mass is 10.1. The van der Waals surface area contributed by atoms with E-state index < -0.39 is 17.8 Å². The molecule has 6 rings (SSSR count). The van der Waals surface area contributed by atoms with Crippen molar-refractivity contribution in [3.05, 3.63) is 34.1 Å². The van der Waals surface area contributed by atoms with Crippen LogP contribution in [0.1, 0.15) is 53.3 Å². The van der Waals surface area contributed by atoms with Gasteiger partial charge in [0.15, 0.2) is 5.69 Å². The van der Waals surface area contributed by atoms with Crippen LogP contribution in [0.5, 0.6) is 0 Å². The molecule has 3 aliphatic carbocycles. The van der Waals surface area contributed by atoms with Gasteiger partial charge in [0.05, 0.1) is 16.6 Å². The van der Waals surface area contributed by atoms with Crippen molar-refractivity contribution in [1.29, 1.82) is 0 Å². The molecular weight excluding hydrogens is 461 g/mol. The molecule has 0 bridgehead atoms. The van der Waals surface area contributed by atoms with Gasteiger partial charge in [-0.2, -0.15) is 18.3 Å². The number of hydrogen-bond acceptors (Lipinski definition) is 4. The van der Waals surface area contributed by atoms with E-state index in [1.54, 1.807) is 11.0 Å². The molecule has 2 aromatic rings. The van der Waals surface area contributed by atoms with Crippen LogP contribution >= 0.6 is 11.6 Å². The monoisotopic (exact) mass is 482 g/mol. The lowest BCUT2D eigenvalue weighted by Gasteiger charge is -2.35. The van der Waals surface area contributed by atoms with Gasteiger partial charge < -0.3 is 14.9 Å². The number of nitrogens with zero attached hydrogens (tertiary/aromatic N) is 4. The number of hydrogen-bond donors (Lipinski definition) is 1. The van der Waals surface area contributed by atoms with E-state index in [1.807, 2.05) is 0 Å². The minimum absolute atomic E-state index is 0.0208. The molecule has 2 aromatic heterocycles. The van der Waals surface area contributed by atoms with Gasteiger partial charge >= 0.3 is 6.18 Å². The fourth-order valence-corrected chi connectivity index (χ4v) is 5.96. The molecule has 1 saturated heterocycles. The molecule has 4 atom stereocenters. The van der Waals surface area contributed by atoms with Gasteiger partial charge in [-0.1, -0.05) is 11.6 Å². The van der Waals surface area contributed by atoms with Gasteiger partial charge in [-0.15, -0.1) is 0 Å². The first-order valence-electron chi connectivity index (χ1n) is 11.2. The number of halogens is 4. The average molecular weight is 483 g/mol. The number of rotatable bonds is 3. The zero-order valence-corrected chi connectivity index (χ0v) is 18.3. The molecule has 4 fully saturated rings. The van der Waals surface area contributed by atoms with E-state index in [0.717, 1.165) is 31.7 Å². The predicted molar refractivity (Wildman–Crippen MR) is 111 cm³/mol. The van der Waals surface area contributed by atoms with Crippen molar-refractivity contribution >= 4 is 28.9 Å². The molecule has 176 valence electrons. The number of aromatic nitrogens is 2. The highest BCUT2D eigenvalue weighted by molar-refractivity contribution is 6.36. The normalized spacial score (nSPS) is 29.7. The van der Waals surface area contributed by atoms with E-state index in [0.29, 0.717) is 22.5 Å². The smallest absolute Gasteiger partial charge is 0.393 e. The Morgan fingerprint density at radius 2 is 1.91 bits per heavy atom. The highest BCUT2D eigenvalue weighted by Gasteiger charge is 2.61. The summed E-state index contributed by atoms with van der Waals surface area (Å²) in [6, 6.07) is 2.66. The number of fused-ring (bicyclic) bond motifs is 2. The zero-order valence-electron chi connectivity index (χ0n) is 17.6. The summed E-state index contributed by atoms with van der Waals surface area (Å²) in [5, 5.41) is 13.8. The van der Waals surface area contributed by atoms with Crippen LogP contribution in [0.4, 0.5) is 13.2 Å². The Hall–Kier alpha value is -2.33. The van der Waals surface area contributed by atoms with E-state index in [9.17, 15) is 27.9 Å². The summed E-state index contributed by atoms with van der Waals surface area (Å²) >= 11 is 6.38. The molecular formula is C22H22ClF3N4O3. The average Bonchev–Trinajstić information content (AvgIpc) is 3.67. The van der Waals surface area contributed by atoms with Crippen LogP contribution in [-0.2, 0) is 11.0 Å². The number of pyridine rings is 1. The van der Waals surface area contributed by atoms with Crippen molar-refractivity contribution in [2.45, 2.75) is 49.9 Å². The second-order valence-corrected chi connectivity index (χ2v) is 9.97. The summed E-state index contributed by atoms with van der Waals surface area (Å²) in [7, 11) is 0. The maximum absolute atomic E-state index is 13.7. The summed E-state index contributed by atoms with van der Waals surface area (Å²) in [6.45, 7) is 0.369. The van der Waals surface area contributed by atoms with E-state index >= 15 is 0 Å². The third-order valence-corrected chi connectivity index (χ3v) is 7.94. The number of amides is 2. The Morgan fingerprint density at radius 3 is 2.52 bits per heavy atom. The molecule has 3 saturated carbocycles. The van der Waals surface area contributed by atoms with E-state index in [1.165, 1.54) is 4.90 Å². The standard InChI is InChI=1S/C22H22ClF3N4O3/c23-18-13-7-11(10-1-2-10)8-15(22(24,25)26)30(13)27-19(18)21(33)28-5-6-29(16(32)9-28)20-12-3-4-14(31)17(12)20/h7-8,10,12,14,17,20,31H,1-6,9H2. The Bertz CT molecular complexity index is 1180. The fourth-order valence-electron chi connectivity index (χ4n) is 5.71. The molecule has 11 heteroatoms. The van der Waals surface area contributed by atoms with Gasteiger partial charge in [-0.05, 0) is 55.2 Å².